The van der Waals surface area contributed by atoms with Crippen molar-refractivity contribution in [1.82, 2.24) is 10.0 Å². The number of hydrogen-bond acceptors (Lipinski definition) is 7. The number of rotatable bonds is 5. The molecule has 0 saturated carbocycles. The van der Waals surface area contributed by atoms with Crippen LogP contribution in [-0.2, 0) is 14.8 Å². The molecule has 1 fully saturated rings. The van der Waals surface area contributed by atoms with Gasteiger partial charge in [0.2, 0.25) is 0 Å². The minimum Gasteiger partial charge on any atom is -0.494 e. The SMILES string of the molecule is COC(=O)c1cc(OC)c(S(=O)(=O)NC2CCNC(C)C2)s1. The lowest BCUT2D eigenvalue weighted by atomic mass is 10.0. The van der Waals surface area contributed by atoms with Gasteiger partial charge in [0.15, 0.2) is 9.96 Å². The highest BCUT2D eigenvalue weighted by Crippen LogP contribution is 2.34. The predicted molar refractivity (Wildman–Crippen MR) is 83.0 cm³/mol. The zero-order chi connectivity index (χ0) is 16.3. The number of esters is 1. The lowest BCUT2D eigenvalue weighted by Gasteiger charge is -2.28. The number of carbonyl (C=O) groups is 1. The van der Waals surface area contributed by atoms with Gasteiger partial charge in [-0.3, -0.25) is 0 Å². The molecule has 2 atom stereocenters. The first-order valence-corrected chi connectivity index (χ1v) is 9.19. The molecule has 1 aliphatic heterocycles. The fourth-order valence-corrected chi connectivity index (χ4v) is 5.20. The first kappa shape index (κ1) is 17.2. The summed E-state index contributed by atoms with van der Waals surface area (Å²) in [7, 11) is -1.12. The van der Waals surface area contributed by atoms with Crippen LogP contribution in [0.3, 0.4) is 0 Å². The van der Waals surface area contributed by atoms with E-state index >= 15 is 0 Å². The smallest absolute Gasteiger partial charge is 0.348 e. The average Bonchev–Trinajstić information content (AvgIpc) is 2.91. The van der Waals surface area contributed by atoms with Crippen LogP contribution >= 0.6 is 11.3 Å². The highest BCUT2D eigenvalue weighted by atomic mass is 32.2. The van der Waals surface area contributed by atoms with Gasteiger partial charge in [-0.2, -0.15) is 0 Å². The molecule has 2 heterocycles. The Bertz CT molecular complexity index is 641. The minimum absolute atomic E-state index is 0.00147. The van der Waals surface area contributed by atoms with Crippen LogP contribution in [0.1, 0.15) is 29.4 Å². The summed E-state index contributed by atoms with van der Waals surface area (Å²) in [6.07, 6.45) is 1.44. The molecular formula is C13H20N2O5S2. The van der Waals surface area contributed by atoms with Gasteiger partial charge >= 0.3 is 5.97 Å². The predicted octanol–water partition coefficient (Wildman–Crippen LogP) is 0.962. The minimum atomic E-state index is -3.74. The van der Waals surface area contributed by atoms with E-state index in [1.165, 1.54) is 20.3 Å². The van der Waals surface area contributed by atoms with E-state index in [0.29, 0.717) is 0 Å². The third-order valence-corrected chi connectivity index (χ3v) is 6.59. The highest BCUT2D eigenvalue weighted by Gasteiger charge is 2.29. The molecule has 124 valence electrons. The van der Waals surface area contributed by atoms with Crippen LogP contribution in [0.2, 0.25) is 0 Å². The molecule has 2 N–H and O–H groups in total. The number of methoxy groups -OCH3 is 2. The highest BCUT2D eigenvalue weighted by molar-refractivity contribution is 7.91. The maximum Gasteiger partial charge on any atom is 0.348 e. The first-order valence-electron chi connectivity index (χ1n) is 6.89. The molecule has 0 aliphatic carbocycles. The second-order valence-electron chi connectivity index (χ2n) is 5.16. The van der Waals surface area contributed by atoms with E-state index < -0.39 is 16.0 Å². The van der Waals surface area contributed by atoms with Gasteiger partial charge < -0.3 is 14.8 Å². The van der Waals surface area contributed by atoms with E-state index in [2.05, 4.69) is 14.8 Å². The van der Waals surface area contributed by atoms with Crippen molar-refractivity contribution in [1.29, 1.82) is 0 Å². The van der Waals surface area contributed by atoms with E-state index in [9.17, 15) is 13.2 Å². The van der Waals surface area contributed by atoms with Gasteiger partial charge in [-0.15, -0.1) is 11.3 Å². The number of sulfonamides is 1. The van der Waals surface area contributed by atoms with Crippen LogP contribution < -0.4 is 14.8 Å². The topological polar surface area (TPSA) is 93.7 Å². The molecule has 0 spiro atoms. The Morgan fingerprint density at radius 3 is 2.77 bits per heavy atom. The summed E-state index contributed by atoms with van der Waals surface area (Å²) in [4.78, 5) is 11.8. The molecule has 0 amide bonds. The van der Waals surface area contributed by atoms with Gasteiger partial charge in [-0.25, -0.2) is 17.9 Å². The maximum absolute atomic E-state index is 12.6. The third kappa shape index (κ3) is 3.78. The van der Waals surface area contributed by atoms with Crippen molar-refractivity contribution in [3.05, 3.63) is 10.9 Å². The molecule has 0 radical (unpaired) electrons. The van der Waals surface area contributed by atoms with Crippen LogP contribution in [0.25, 0.3) is 0 Å². The van der Waals surface area contributed by atoms with E-state index in [1.807, 2.05) is 6.92 Å². The molecule has 7 nitrogen and oxygen atoms in total. The maximum atomic E-state index is 12.6. The molecule has 1 aromatic rings. The Morgan fingerprint density at radius 2 is 2.18 bits per heavy atom. The molecule has 1 aromatic heterocycles. The Labute approximate surface area is 134 Å². The van der Waals surface area contributed by atoms with E-state index in [0.717, 1.165) is 30.7 Å². The molecule has 1 aliphatic rings. The summed E-state index contributed by atoms with van der Waals surface area (Å²) in [5.41, 5.74) is 0. The fourth-order valence-electron chi connectivity index (χ4n) is 2.40. The van der Waals surface area contributed by atoms with E-state index in [4.69, 9.17) is 4.74 Å². The number of piperidine rings is 1. The summed E-state index contributed by atoms with van der Waals surface area (Å²) >= 11 is 0.847. The van der Waals surface area contributed by atoms with Crippen LogP contribution in [0.5, 0.6) is 5.75 Å². The monoisotopic (exact) mass is 348 g/mol. The number of thiophene rings is 1. The second kappa shape index (κ2) is 6.95. The first-order chi connectivity index (χ1) is 10.4. The van der Waals surface area contributed by atoms with Crippen LogP contribution in [-0.4, -0.2) is 47.2 Å². The molecular weight excluding hydrogens is 328 g/mol. The Hall–Kier alpha value is -1.16. The molecule has 2 unspecified atom stereocenters. The van der Waals surface area contributed by atoms with Crippen LogP contribution in [0.4, 0.5) is 0 Å². The van der Waals surface area contributed by atoms with Gasteiger partial charge in [0, 0.05) is 18.2 Å². The van der Waals surface area contributed by atoms with E-state index in [1.54, 1.807) is 0 Å². The van der Waals surface area contributed by atoms with Crippen LogP contribution in [0, 0.1) is 0 Å². The van der Waals surface area contributed by atoms with E-state index in [-0.39, 0.29) is 26.9 Å². The normalized spacial score (nSPS) is 22.3. The van der Waals surface area contributed by atoms with Crippen molar-refractivity contribution in [3.8, 4) is 5.75 Å². The zero-order valence-electron chi connectivity index (χ0n) is 12.7. The van der Waals surface area contributed by atoms with Crippen molar-refractivity contribution in [2.75, 3.05) is 20.8 Å². The molecule has 0 aromatic carbocycles. The summed E-state index contributed by atoms with van der Waals surface area (Å²) in [5.74, 6) is -0.430. The fraction of sp³-hybridized carbons (Fsp3) is 0.615. The summed E-state index contributed by atoms with van der Waals surface area (Å²) < 4.78 is 37.5. The number of ether oxygens (including phenoxy) is 2. The zero-order valence-corrected chi connectivity index (χ0v) is 14.3. The summed E-state index contributed by atoms with van der Waals surface area (Å²) in [6.45, 7) is 2.78. The quantitative estimate of drug-likeness (QED) is 0.770. The largest absolute Gasteiger partial charge is 0.494 e. The number of nitrogens with one attached hydrogen (secondary N) is 2. The van der Waals surface area contributed by atoms with Crippen molar-refractivity contribution < 1.29 is 22.7 Å². The van der Waals surface area contributed by atoms with Crippen molar-refractivity contribution >= 4 is 27.3 Å². The lowest BCUT2D eigenvalue weighted by Crippen LogP contribution is -2.46. The molecule has 2 rings (SSSR count). The van der Waals surface area contributed by atoms with Crippen molar-refractivity contribution in [2.24, 2.45) is 0 Å². The Morgan fingerprint density at radius 1 is 1.45 bits per heavy atom. The molecule has 22 heavy (non-hydrogen) atoms. The third-order valence-electron chi connectivity index (χ3n) is 3.46. The van der Waals surface area contributed by atoms with Crippen LogP contribution in [0.15, 0.2) is 10.3 Å². The second-order valence-corrected chi connectivity index (χ2v) is 8.12. The average molecular weight is 348 g/mol. The molecule has 0 bridgehead atoms. The van der Waals surface area contributed by atoms with Crippen molar-refractivity contribution in [3.63, 3.8) is 0 Å². The molecule has 1 saturated heterocycles. The van der Waals surface area contributed by atoms with Gasteiger partial charge in [0.1, 0.15) is 4.88 Å². The van der Waals surface area contributed by atoms with Gasteiger partial charge in [0.05, 0.1) is 14.2 Å². The van der Waals surface area contributed by atoms with Crippen molar-refractivity contribution in [2.45, 2.75) is 36.1 Å². The van der Waals surface area contributed by atoms with Gasteiger partial charge in [-0.1, -0.05) is 0 Å². The number of hydrogen-bond donors (Lipinski definition) is 2. The van der Waals surface area contributed by atoms with Gasteiger partial charge in [0.25, 0.3) is 10.0 Å². The van der Waals surface area contributed by atoms with Gasteiger partial charge in [-0.05, 0) is 26.3 Å². The summed E-state index contributed by atoms with van der Waals surface area (Å²) in [6, 6.07) is 1.52. The number of carbonyl (C=O) groups excluding carboxylic acids is 1. The summed E-state index contributed by atoms with van der Waals surface area (Å²) in [5, 5.41) is 3.27. The molecule has 9 heteroatoms. The lowest BCUT2D eigenvalue weighted by molar-refractivity contribution is 0.0606. The Balaban J connectivity index is 2.24. The Kier molecular flexibility index (Phi) is 5.43. The standard InChI is InChI=1S/C13H20N2O5S2/c1-8-6-9(4-5-14-8)15-22(17,18)13-10(19-2)7-11(21-13)12(16)20-3/h7-9,14-15H,4-6H2,1-3H3.